The van der Waals surface area contributed by atoms with Gasteiger partial charge in [-0.15, -0.1) is 0 Å². The summed E-state index contributed by atoms with van der Waals surface area (Å²) in [5.74, 6) is 1.71. The van der Waals surface area contributed by atoms with Crippen LogP contribution >= 0.6 is 15.9 Å². The fraction of sp³-hybridized carbons (Fsp3) is 0.571. The molecule has 94 valence electrons. The first kappa shape index (κ1) is 12.9. The van der Waals surface area contributed by atoms with Crippen molar-refractivity contribution in [2.75, 3.05) is 19.7 Å². The molecule has 0 radical (unpaired) electrons. The summed E-state index contributed by atoms with van der Waals surface area (Å²) < 4.78 is 7.09. The number of hydrogen-bond acceptors (Lipinski definition) is 2. The largest absolute Gasteiger partial charge is 0.493 e. The van der Waals surface area contributed by atoms with Crippen molar-refractivity contribution in [1.29, 1.82) is 0 Å². The van der Waals surface area contributed by atoms with Crippen LogP contribution in [0.2, 0.25) is 0 Å². The lowest BCUT2D eigenvalue weighted by Crippen LogP contribution is -2.33. The van der Waals surface area contributed by atoms with Gasteiger partial charge in [0.15, 0.2) is 0 Å². The van der Waals surface area contributed by atoms with Gasteiger partial charge in [-0.05, 0) is 49.6 Å². The molecule has 0 spiro atoms. The topological polar surface area (TPSA) is 21.3 Å². The molecule has 0 aromatic heterocycles. The van der Waals surface area contributed by atoms with E-state index in [0.29, 0.717) is 5.92 Å². The Labute approximate surface area is 112 Å². The molecule has 1 N–H and O–H groups in total. The Bertz CT molecular complexity index is 361. The van der Waals surface area contributed by atoms with Gasteiger partial charge in [0, 0.05) is 16.9 Å². The summed E-state index contributed by atoms with van der Waals surface area (Å²) in [6.07, 6.45) is 3.57. The maximum atomic E-state index is 5.96. The van der Waals surface area contributed by atoms with E-state index in [1.165, 1.54) is 18.4 Å². The van der Waals surface area contributed by atoms with Gasteiger partial charge in [-0.25, -0.2) is 0 Å². The smallest absolute Gasteiger partial charge is 0.122 e. The quantitative estimate of drug-likeness (QED) is 0.920. The second-order valence-electron chi connectivity index (χ2n) is 4.63. The van der Waals surface area contributed by atoms with Crippen LogP contribution in [-0.4, -0.2) is 19.7 Å². The van der Waals surface area contributed by atoms with Crippen LogP contribution < -0.4 is 10.1 Å². The van der Waals surface area contributed by atoms with Crippen molar-refractivity contribution in [3.05, 3.63) is 28.2 Å². The predicted molar refractivity (Wildman–Crippen MR) is 74.6 cm³/mol. The van der Waals surface area contributed by atoms with Crippen LogP contribution in [0.25, 0.3) is 0 Å². The van der Waals surface area contributed by atoms with E-state index in [0.717, 1.165) is 36.3 Å². The van der Waals surface area contributed by atoms with Gasteiger partial charge in [0.25, 0.3) is 0 Å². The van der Waals surface area contributed by atoms with Crippen LogP contribution in [0.1, 0.15) is 25.3 Å². The van der Waals surface area contributed by atoms with Gasteiger partial charge in [-0.1, -0.05) is 22.9 Å². The maximum Gasteiger partial charge on any atom is 0.122 e. The summed E-state index contributed by atoms with van der Waals surface area (Å²) in [7, 11) is 0. The van der Waals surface area contributed by atoms with E-state index in [2.05, 4.69) is 40.3 Å². The second-order valence-corrected chi connectivity index (χ2v) is 5.54. The lowest BCUT2D eigenvalue weighted by atomic mass is 10.0. The van der Waals surface area contributed by atoms with Crippen LogP contribution in [0.3, 0.4) is 0 Å². The second kappa shape index (κ2) is 6.41. The standard InChI is InChI=1S/C14H20BrNO/c1-2-12-8-13(15)5-6-14(12)17-10-11-4-3-7-16-9-11/h5-6,8,11,16H,2-4,7,9-10H2,1H3/t11-/m1/s1. The van der Waals surface area contributed by atoms with E-state index in [4.69, 9.17) is 4.74 Å². The number of benzene rings is 1. The Kier molecular flexibility index (Phi) is 4.86. The first-order valence-electron chi connectivity index (χ1n) is 6.41. The number of nitrogens with one attached hydrogen (secondary N) is 1. The van der Waals surface area contributed by atoms with E-state index in [9.17, 15) is 0 Å². The third-order valence-electron chi connectivity index (χ3n) is 3.28. The first-order valence-corrected chi connectivity index (χ1v) is 7.21. The van der Waals surface area contributed by atoms with Crippen LogP contribution in [0, 0.1) is 5.92 Å². The average molecular weight is 298 g/mol. The third-order valence-corrected chi connectivity index (χ3v) is 3.77. The van der Waals surface area contributed by atoms with Crippen LogP contribution in [-0.2, 0) is 6.42 Å². The molecule has 1 aliphatic heterocycles. The van der Waals surface area contributed by atoms with Gasteiger partial charge in [-0.2, -0.15) is 0 Å². The Morgan fingerprint density at radius 2 is 2.35 bits per heavy atom. The summed E-state index contributed by atoms with van der Waals surface area (Å²) >= 11 is 3.50. The number of halogens is 1. The maximum absolute atomic E-state index is 5.96. The molecule has 3 heteroatoms. The number of hydrogen-bond donors (Lipinski definition) is 1. The monoisotopic (exact) mass is 297 g/mol. The number of rotatable bonds is 4. The molecule has 0 aliphatic carbocycles. The highest BCUT2D eigenvalue weighted by Crippen LogP contribution is 2.24. The Hall–Kier alpha value is -0.540. The van der Waals surface area contributed by atoms with Gasteiger partial charge in [0.2, 0.25) is 0 Å². The number of aryl methyl sites for hydroxylation is 1. The highest BCUT2D eigenvalue weighted by Gasteiger charge is 2.14. The van der Waals surface area contributed by atoms with E-state index >= 15 is 0 Å². The van der Waals surface area contributed by atoms with E-state index in [-0.39, 0.29) is 0 Å². The van der Waals surface area contributed by atoms with Crippen molar-refractivity contribution in [1.82, 2.24) is 5.32 Å². The SMILES string of the molecule is CCc1cc(Br)ccc1OC[C@@H]1CCCNC1. The zero-order valence-corrected chi connectivity index (χ0v) is 11.9. The fourth-order valence-electron chi connectivity index (χ4n) is 2.24. The van der Waals surface area contributed by atoms with Gasteiger partial charge in [0.1, 0.15) is 5.75 Å². The lowest BCUT2D eigenvalue weighted by Gasteiger charge is -2.23. The molecule has 0 bridgehead atoms. The Morgan fingerprint density at radius 1 is 1.47 bits per heavy atom. The lowest BCUT2D eigenvalue weighted by molar-refractivity contribution is 0.217. The molecular weight excluding hydrogens is 278 g/mol. The molecule has 1 aromatic carbocycles. The zero-order chi connectivity index (χ0) is 12.1. The minimum Gasteiger partial charge on any atom is -0.493 e. The summed E-state index contributed by atoms with van der Waals surface area (Å²) in [4.78, 5) is 0. The molecule has 1 atom stereocenters. The molecule has 0 saturated carbocycles. The average Bonchev–Trinajstić information content (AvgIpc) is 2.38. The molecule has 17 heavy (non-hydrogen) atoms. The summed E-state index contributed by atoms with van der Waals surface area (Å²) in [5.41, 5.74) is 1.28. The van der Waals surface area contributed by atoms with Gasteiger partial charge >= 0.3 is 0 Å². The van der Waals surface area contributed by atoms with Gasteiger partial charge < -0.3 is 10.1 Å². The zero-order valence-electron chi connectivity index (χ0n) is 10.3. The molecule has 1 fully saturated rings. The molecule has 1 heterocycles. The molecular formula is C14H20BrNO. The van der Waals surface area contributed by atoms with Gasteiger partial charge in [0.05, 0.1) is 6.61 Å². The van der Waals surface area contributed by atoms with Crippen molar-refractivity contribution in [3.8, 4) is 5.75 Å². The fourth-order valence-corrected chi connectivity index (χ4v) is 2.65. The molecule has 2 rings (SSSR count). The number of piperidine rings is 1. The molecule has 2 nitrogen and oxygen atoms in total. The first-order chi connectivity index (χ1) is 8.29. The predicted octanol–water partition coefficient (Wildman–Crippen LogP) is 3.39. The molecule has 0 amide bonds. The minimum absolute atomic E-state index is 0.664. The van der Waals surface area contributed by atoms with Crippen LogP contribution in [0.5, 0.6) is 5.75 Å². The van der Waals surface area contributed by atoms with E-state index < -0.39 is 0 Å². The van der Waals surface area contributed by atoms with Crippen LogP contribution in [0.15, 0.2) is 22.7 Å². The van der Waals surface area contributed by atoms with Crippen molar-refractivity contribution in [2.24, 2.45) is 5.92 Å². The summed E-state index contributed by atoms with van der Waals surface area (Å²) in [5, 5.41) is 3.42. The normalized spacial score (nSPS) is 20.2. The number of ether oxygens (including phenoxy) is 1. The molecule has 1 aliphatic rings. The molecule has 0 unspecified atom stereocenters. The highest BCUT2D eigenvalue weighted by atomic mass is 79.9. The third kappa shape index (κ3) is 3.71. The van der Waals surface area contributed by atoms with E-state index in [1.807, 2.05) is 6.07 Å². The van der Waals surface area contributed by atoms with Crippen molar-refractivity contribution < 1.29 is 4.74 Å². The summed E-state index contributed by atoms with van der Waals surface area (Å²) in [6, 6.07) is 6.27. The Balaban J connectivity index is 1.93. The highest BCUT2D eigenvalue weighted by molar-refractivity contribution is 9.10. The van der Waals surface area contributed by atoms with Gasteiger partial charge in [-0.3, -0.25) is 0 Å². The summed E-state index contributed by atoms with van der Waals surface area (Å²) in [6.45, 7) is 5.26. The molecule has 1 aromatic rings. The van der Waals surface area contributed by atoms with Crippen molar-refractivity contribution >= 4 is 15.9 Å². The van der Waals surface area contributed by atoms with Crippen molar-refractivity contribution in [2.45, 2.75) is 26.2 Å². The Morgan fingerprint density at radius 3 is 3.06 bits per heavy atom. The minimum atomic E-state index is 0.664. The van der Waals surface area contributed by atoms with Crippen LogP contribution in [0.4, 0.5) is 0 Å². The van der Waals surface area contributed by atoms with E-state index in [1.54, 1.807) is 0 Å². The molecule has 1 saturated heterocycles. The van der Waals surface area contributed by atoms with Crippen molar-refractivity contribution in [3.63, 3.8) is 0 Å².